The molecular formula is C18H23NO3. The van der Waals surface area contributed by atoms with Gasteiger partial charge in [0.1, 0.15) is 5.78 Å². The van der Waals surface area contributed by atoms with Gasteiger partial charge in [0.25, 0.3) is 0 Å². The van der Waals surface area contributed by atoms with Crippen molar-refractivity contribution in [2.75, 3.05) is 20.7 Å². The van der Waals surface area contributed by atoms with E-state index in [1.165, 1.54) is 16.7 Å². The number of hydrogen-bond acceptors (Lipinski definition) is 4. The van der Waals surface area contributed by atoms with Crippen LogP contribution < -0.4 is 4.74 Å². The normalized spacial score (nSPS) is 26.3. The zero-order valence-electron chi connectivity index (χ0n) is 13.3. The molecule has 1 fully saturated rings. The fraction of sp³-hybridized carbons (Fsp3) is 0.611. The van der Waals surface area contributed by atoms with Crippen LogP contribution in [0.4, 0.5) is 0 Å². The molecule has 1 N–H and O–H groups in total. The summed E-state index contributed by atoms with van der Waals surface area (Å²) in [7, 11) is 3.82. The molecule has 1 aromatic carbocycles. The van der Waals surface area contributed by atoms with Crippen molar-refractivity contribution in [1.29, 1.82) is 0 Å². The van der Waals surface area contributed by atoms with Crippen LogP contribution in [0.1, 0.15) is 54.8 Å². The predicted octanol–water partition coefficient (Wildman–Crippen LogP) is 2.71. The van der Waals surface area contributed by atoms with E-state index in [2.05, 4.69) is 11.9 Å². The first-order valence-corrected chi connectivity index (χ1v) is 8.21. The minimum absolute atomic E-state index is 0.00530. The van der Waals surface area contributed by atoms with Gasteiger partial charge >= 0.3 is 0 Å². The van der Waals surface area contributed by atoms with Crippen LogP contribution in [0.25, 0.3) is 0 Å². The highest BCUT2D eigenvalue weighted by Crippen LogP contribution is 2.60. The summed E-state index contributed by atoms with van der Waals surface area (Å²) in [6.45, 7) is 1.03. The lowest BCUT2D eigenvalue weighted by Gasteiger charge is -2.35. The quantitative estimate of drug-likeness (QED) is 0.866. The van der Waals surface area contributed by atoms with Crippen LogP contribution in [-0.2, 0) is 16.6 Å². The summed E-state index contributed by atoms with van der Waals surface area (Å²) in [6.07, 6.45) is 5.12. The number of likely N-dealkylation sites (N-methyl/N-ethyl adjacent to an activating group) is 1. The fourth-order valence-corrected chi connectivity index (χ4v) is 4.90. The Bertz CT molecular complexity index is 642. The molecule has 3 aliphatic rings. The average Bonchev–Trinajstić information content (AvgIpc) is 2.83. The molecule has 0 bridgehead atoms. The van der Waals surface area contributed by atoms with Crippen molar-refractivity contribution in [3.63, 3.8) is 0 Å². The number of nitrogens with zero attached hydrogens (tertiary/aromatic N) is 1. The highest BCUT2D eigenvalue weighted by Gasteiger charge is 2.51. The molecule has 0 amide bonds. The highest BCUT2D eigenvalue weighted by atomic mass is 16.5. The average molecular weight is 301 g/mol. The van der Waals surface area contributed by atoms with Gasteiger partial charge in [-0.25, -0.2) is 0 Å². The van der Waals surface area contributed by atoms with Crippen LogP contribution in [0.3, 0.4) is 0 Å². The van der Waals surface area contributed by atoms with Crippen molar-refractivity contribution in [3.05, 3.63) is 22.8 Å². The molecule has 118 valence electrons. The van der Waals surface area contributed by atoms with Crippen molar-refractivity contribution in [1.82, 2.24) is 4.90 Å². The van der Waals surface area contributed by atoms with Crippen LogP contribution in [-0.4, -0.2) is 36.5 Å². The third-order valence-electron chi connectivity index (χ3n) is 6.07. The number of fused-ring (bicyclic) bond motifs is 1. The van der Waals surface area contributed by atoms with E-state index in [1.807, 2.05) is 6.07 Å². The number of hydrogen-bond donors (Lipinski definition) is 1. The summed E-state index contributed by atoms with van der Waals surface area (Å²) >= 11 is 0. The molecule has 1 aliphatic heterocycles. The molecule has 0 aromatic heterocycles. The largest absolute Gasteiger partial charge is 0.504 e. The summed E-state index contributed by atoms with van der Waals surface area (Å²) in [5.74, 6) is 1.28. The SMILES string of the molecule is COc1c(O)cc2c3c1C1(CCC(=O)CC1)C[C@@H]3N(C)CC2. The van der Waals surface area contributed by atoms with Gasteiger partial charge in [0.2, 0.25) is 0 Å². The number of Topliss-reactive ketones (excluding diaryl/α,β-unsaturated/α-hetero) is 1. The van der Waals surface area contributed by atoms with Gasteiger partial charge in [0.05, 0.1) is 7.11 Å². The molecule has 4 rings (SSSR count). The molecule has 0 unspecified atom stereocenters. The number of benzene rings is 1. The van der Waals surface area contributed by atoms with Crippen LogP contribution in [0, 0.1) is 0 Å². The number of ketones is 1. The Morgan fingerprint density at radius 1 is 1.32 bits per heavy atom. The maximum absolute atomic E-state index is 11.7. The molecule has 4 heteroatoms. The van der Waals surface area contributed by atoms with Crippen molar-refractivity contribution >= 4 is 5.78 Å². The van der Waals surface area contributed by atoms with Crippen molar-refractivity contribution in [2.45, 2.75) is 50.0 Å². The van der Waals surface area contributed by atoms with E-state index in [1.54, 1.807) is 7.11 Å². The highest BCUT2D eigenvalue weighted by molar-refractivity contribution is 5.80. The fourth-order valence-electron chi connectivity index (χ4n) is 4.90. The number of ether oxygens (including phenoxy) is 1. The first kappa shape index (κ1) is 14.1. The summed E-state index contributed by atoms with van der Waals surface area (Å²) < 4.78 is 5.60. The van der Waals surface area contributed by atoms with Crippen LogP contribution >= 0.6 is 0 Å². The Hall–Kier alpha value is -1.55. The summed E-state index contributed by atoms with van der Waals surface area (Å²) in [5.41, 5.74) is 3.85. The molecule has 4 nitrogen and oxygen atoms in total. The predicted molar refractivity (Wildman–Crippen MR) is 83.5 cm³/mol. The van der Waals surface area contributed by atoms with E-state index in [9.17, 15) is 9.90 Å². The third-order valence-corrected chi connectivity index (χ3v) is 6.07. The second kappa shape index (κ2) is 4.72. The monoisotopic (exact) mass is 301 g/mol. The van der Waals surface area contributed by atoms with E-state index in [0.29, 0.717) is 30.4 Å². The molecule has 0 saturated heterocycles. The van der Waals surface area contributed by atoms with Crippen molar-refractivity contribution in [2.24, 2.45) is 0 Å². The van der Waals surface area contributed by atoms with Gasteiger partial charge in [-0.3, -0.25) is 9.69 Å². The Kier molecular flexibility index (Phi) is 3.02. The van der Waals surface area contributed by atoms with Gasteiger partial charge in [-0.1, -0.05) is 0 Å². The van der Waals surface area contributed by atoms with Gasteiger partial charge in [0, 0.05) is 36.4 Å². The number of methoxy groups -OCH3 is 1. The van der Waals surface area contributed by atoms with Gasteiger partial charge in [-0.2, -0.15) is 0 Å². The number of aromatic hydroxyl groups is 1. The van der Waals surface area contributed by atoms with Crippen LogP contribution in [0.5, 0.6) is 11.5 Å². The molecule has 2 aliphatic carbocycles. The lowest BCUT2D eigenvalue weighted by molar-refractivity contribution is -0.121. The molecule has 1 spiro atoms. The van der Waals surface area contributed by atoms with Gasteiger partial charge < -0.3 is 9.84 Å². The Morgan fingerprint density at radius 3 is 2.73 bits per heavy atom. The minimum Gasteiger partial charge on any atom is -0.504 e. The topological polar surface area (TPSA) is 49.8 Å². The lowest BCUT2D eigenvalue weighted by Crippen LogP contribution is -2.33. The number of phenols is 1. The maximum Gasteiger partial charge on any atom is 0.164 e. The van der Waals surface area contributed by atoms with Gasteiger partial charge in [-0.15, -0.1) is 0 Å². The Morgan fingerprint density at radius 2 is 2.05 bits per heavy atom. The van der Waals surface area contributed by atoms with Crippen LogP contribution in [0.15, 0.2) is 6.07 Å². The summed E-state index contributed by atoms with van der Waals surface area (Å²) in [5, 5.41) is 10.4. The summed E-state index contributed by atoms with van der Waals surface area (Å²) in [4.78, 5) is 14.2. The maximum atomic E-state index is 11.7. The van der Waals surface area contributed by atoms with Crippen LogP contribution in [0.2, 0.25) is 0 Å². The van der Waals surface area contributed by atoms with Crippen molar-refractivity contribution in [3.8, 4) is 11.5 Å². The Balaban J connectivity index is 1.94. The second-order valence-corrected chi connectivity index (χ2v) is 7.15. The zero-order valence-corrected chi connectivity index (χ0v) is 13.3. The van der Waals surface area contributed by atoms with Crippen molar-refractivity contribution < 1.29 is 14.6 Å². The van der Waals surface area contributed by atoms with E-state index < -0.39 is 0 Å². The third kappa shape index (κ3) is 1.76. The molecule has 1 heterocycles. The van der Waals surface area contributed by atoms with E-state index in [0.717, 1.165) is 32.2 Å². The standard InChI is InChI=1S/C18H23NO3/c1-19-8-5-11-9-14(21)17(22-2)16-15(11)13(19)10-18(16)6-3-12(20)4-7-18/h9,13,21H,3-8,10H2,1-2H3/t13-/m0/s1. The number of rotatable bonds is 1. The lowest BCUT2D eigenvalue weighted by atomic mass is 9.69. The zero-order chi connectivity index (χ0) is 15.5. The van der Waals surface area contributed by atoms with E-state index in [4.69, 9.17) is 4.74 Å². The summed E-state index contributed by atoms with van der Waals surface area (Å²) in [6, 6.07) is 2.30. The molecule has 1 saturated carbocycles. The first-order valence-electron chi connectivity index (χ1n) is 8.21. The smallest absolute Gasteiger partial charge is 0.164 e. The number of carbonyl (C=O) groups excluding carboxylic acids is 1. The molecular weight excluding hydrogens is 278 g/mol. The number of carbonyl (C=O) groups is 1. The van der Waals surface area contributed by atoms with Gasteiger partial charge in [0.15, 0.2) is 11.5 Å². The van der Waals surface area contributed by atoms with E-state index in [-0.39, 0.29) is 11.2 Å². The molecule has 1 aromatic rings. The minimum atomic E-state index is 0.00530. The molecule has 22 heavy (non-hydrogen) atoms. The molecule has 0 radical (unpaired) electrons. The first-order chi connectivity index (χ1) is 10.6. The Labute approximate surface area is 131 Å². The molecule has 1 atom stereocenters. The van der Waals surface area contributed by atoms with E-state index >= 15 is 0 Å². The number of phenolic OH excluding ortho intramolecular Hbond substituents is 1. The van der Waals surface area contributed by atoms with Gasteiger partial charge in [-0.05, 0) is 49.9 Å². The second-order valence-electron chi connectivity index (χ2n) is 7.15.